The summed E-state index contributed by atoms with van der Waals surface area (Å²) in [4.78, 5) is 11.8. The fourth-order valence-electron chi connectivity index (χ4n) is 1.43. The van der Waals surface area contributed by atoms with Crippen molar-refractivity contribution in [3.8, 4) is 0 Å². The number of hydrogen-bond donors (Lipinski definition) is 3. The Hall–Kier alpha value is -2.12. The number of hydrogen-bond acceptors (Lipinski definition) is 5. The lowest BCUT2D eigenvalue weighted by molar-refractivity contribution is 0.0692. The van der Waals surface area contributed by atoms with Crippen LogP contribution >= 0.6 is 0 Å². The highest BCUT2D eigenvalue weighted by Gasteiger charge is 2.05. The molecule has 0 aromatic heterocycles. The van der Waals surface area contributed by atoms with E-state index in [1.165, 1.54) is 0 Å². The Balaban J connectivity index is 2.36. The molecule has 0 atom stereocenters. The van der Waals surface area contributed by atoms with Crippen molar-refractivity contribution in [2.75, 3.05) is 33.5 Å². The smallest absolute Gasteiger partial charge is 0.251 e. The molecule has 0 heterocycles. The summed E-state index contributed by atoms with van der Waals surface area (Å²) in [6.45, 7) is 1.88. The van der Waals surface area contributed by atoms with E-state index in [9.17, 15) is 4.79 Å². The average molecular weight is 281 g/mol. The number of amidine groups is 1. The van der Waals surface area contributed by atoms with Gasteiger partial charge in [-0.2, -0.15) is 0 Å². The number of carbonyl (C=O) groups excluding carboxylic acids is 1. The molecule has 0 saturated heterocycles. The number of ether oxygens (including phenoxy) is 2. The Labute approximate surface area is 117 Å². The molecule has 1 aromatic carbocycles. The fourth-order valence-corrected chi connectivity index (χ4v) is 1.43. The van der Waals surface area contributed by atoms with Gasteiger partial charge in [0.2, 0.25) is 0 Å². The third-order valence-electron chi connectivity index (χ3n) is 2.51. The summed E-state index contributed by atoms with van der Waals surface area (Å²) >= 11 is 0. The quantitative estimate of drug-likeness (QED) is 0.207. The summed E-state index contributed by atoms with van der Waals surface area (Å²) in [5.74, 6) is -0.199. The van der Waals surface area contributed by atoms with Gasteiger partial charge in [0.25, 0.3) is 5.91 Å². The van der Waals surface area contributed by atoms with Crippen LogP contribution in [-0.4, -0.2) is 50.4 Å². The van der Waals surface area contributed by atoms with Crippen LogP contribution in [0.15, 0.2) is 29.4 Å². The molecule has 110 valence electrons. The largest absolute Gasteiger partial charge is 0.409 e. The maximum atomic E-state index is 11.8. The SMILES string of the molecule is COCCOCCNC(=O)c1ccc(C(N)=NO)cc1. The van der Waals surface area contributed by atoms with Gasteiger partial charge in [0.15, 0.2) is 5.84 Å². The summed E-state index contributed by atoms with van der Waals surface area (Å²) < 4.78 is 10.1. The van der Waals surface area contributed by atoms with E-state index in [1.54, 1.807) is 31.4 Å². The first-order valence-electron chi connectivity index (χ1n) is 6.12. The van der Waals surface area contributed by atoms with E-state index in [2.05, 4.69) is 10.5 Å². The Bertz CT molecular complexity index is 445. The lowest BCUT2D eigenvalue weighted by atomic mass is 10.1. The van der Waals surface area contributed by atoms with E-state index in [0.29, 0.717) is 37.5 Å². The van der Waals surface area contributed by atoms with Gasteiger partial charge >= 0.3 is 0 Å². The molecule has 7 nitrogen and oxygen atoms in total. The predicted octanol–water partition coefficient (Wildman–Crippen LogP) is 0.174. The van der Waals surface area contributed by atoms with E-state index in [0.717, 1.165) is 0 Å². The van der Waals surface area contributed by atoms with Crippen molar-refractivity contribution in [3.05, 3.63) is 35.4 Å². The van der Waals surface area contributed by atoms with Crippen molar-refractivity contribution >= 4 is 11.7 Å². The molecule has 4 N–H and O–H groups in total. The van der Waals surface area contributed by atoms with Crippen molar-refractivity contribution in [3.63, 3.8) is 0 Å². The van der Waals surface area contributed by atoms with Crippen molar-refractivity contribution in [2.24, 2.45) is 10.9 Å². The minimum Gasteiger partial charge on any atom is -0.409 e. The minimum atomic E-state index is -0.202. The number of nitrogens with one attached hydrogen (secondary N) is 1. The fraction of sp³-hybridized carbons (Fsp3) is 0.385. The van der Waals surface area contributed by atoms with E-state index < -0.39 is 0 Å². The molecule has 0 radical (unpaired) electrons. The lowest BCUT2D eigenvalue weighted by Crippen LogP contribution is -2.27. The van der Waals surface area contributed by atoms with E-state index >= 15 is 0 Å². The number of nitrogens with two attached hydrogens (primary N) is 1. The minimum absolute atomic E-state index is 0.00324. The molecule has 0 fully saturated rings. The molecular formula is C13H19N3O4. The van der Waals surface area contributed by atoms with E-state index in [1.807, 2.05) is 0 Å². The Morgan fingerprint density at radius 2 is 1.90 bits per heavy atom. The van der Waals surface area contributed by atoms with Crippen molar-refractivity contribution in [1.82, 2.24) is 5.32 Å². The summed E-state index contributed by atoms with van der Waals surface area (Å²) in [5, 5.41) is 14.1. The number of rotatable bonds is 8. The Morgan fingerprint density at radius 3 is 2.50 bits per heavy atom. The van der Waals surface area contributed by atoms with Gasteiger partial charge in [0.05, 0.1) is 19.8 Å². The summed E-state index contributed by atoms with van der Waals surface area (Å²) in [6, 6.07) is 6.43. The monoisotopic (exact) mass is 281 g/mol. The molecule has 0 spiro atoms. The number of methoxy groups -OCH3 is 1. The normalized spacial score (nSPS) is 11.3. The van der Waals surface area contributed by atoms with Gasteiger partial charge in [-0.3, -0.25) is 4.79 Å². The molecule has 0 unspecified atom stereocenters. The van der Waals surface area contributed by atoms with Gasteiger partial charge in [-0.1, -0.05) is 17.3 Å². The molecular weight excluding hydrogens is 262 g/mol. The Morgan fingerprint density at radius 1 is 1.25 bits per heavy atom. The van der Waals surface area contributed by atoms with Gasteiger partial charge in [0, 0.05) is 24.8 Å². The highest BCUT2D eigenvalue weighted by atomic mass is 16.5. The van der Waals surface area contributed by atoms with Gasteiger partial charge in [0.1, 0.15) is 0 Å². The topological polar surface area (TPSA) is 106 Å². The first kappa shape index (κ1) is 15.9. The van der Waals surface area contributed by atoms with Crippen molar-refractivity contribution < 1.29 is 19.5 Å². The van der Waals surface area contributed by atoms with Crippen LogP contribution in [0, 0.1) is 0 Å². The average Bonchev–Trinajstić information content (AvgIpc) is 2.50. The van der Waals surface area contributed by atoms with Crippen molar-refractivity contribution in [2.45, 2.75) is 0 Å². The van der Waals surface area contributed by atoms with E-state index in [-0.39, 0.29) is 11.7 Å². The second kappa shape index (κ2) is 8.89. The summed E-state index contributed by atoms with van der Waals surface area (Å²) in [6.07, 6.45) is 0. The predicted molar refractivity (Wildman–Crippen MR) is 74.0 cm³/mol. The molecule has 1 amide bonds. The third kappa shape index (κ3) is 5.25. The van der Waals surface area contributed by atoms with Gasteiger partial charge < -0.3 is 25.7 Å². The molecule has 0 bridgehead atoms. The summed E-state index contributed by atoms with van der Waals surface area (Å²) in [7, 11) is 1.60. The number of carbonyl (C=O) groups is 1. The van der Waals surface area contributed by atoms with Gasteiger partial charge in [-0.05, 0) is 12.1 Å². The van der Waals surface area contributed by atoms with Crippen LogP contribution in [0.3, 0.4) is 0 Å². The van der Waals surface area contributed by atoms with Crippen LogP contribution in [0.5, 0.6) is 0 Å². The molecule has 1 rings (SSSR count). The van der Waals surface area contributed by atoms with Crippen LogP contribution in [0.4, 0.5) is 0 Å². The van der Waals surface area contributed by atoms with Crippen LogP contribution in [0.25, 0.3) is 0 Å². The molecule has 1 aromatic rings. The van der Waals surface area contributed by atoms with Crippen molar-refractivity contribution in [1.29, 1.82) is 0 Å². The Kier molecular flexibility index (Phi) is 7.08. The molecule has 0 aliphatic carbocycles. The highest BCUT2D eigenvalue weighted by Crippen LogP contribution is 2.04. The van der Waals surface area contributed by atoms with Gasteiger partial charge in [-0.25, -0.2) is 0 Å². The standard InChI is InChI=1S/C13H19N3O4/c1-19-8-9-20-7-6-15-13(17)11-4-2-10(3-5-11)12(14)16-18/h2-5,18H,6-9H2,1H3,(H2,14,16)(H,15,17). The maximum absolute atomic E-state index is 11.8. The third-order valence-corrected chi connectivity index (χ3v) is 2.51. The highest BCUT2D eigenvalue weighted by molar-refractivity contribution is 5.99. The first-order valence-corrected chi connectivity index (χ1v) is 6.12. The molecule has 0 aliphatic rings. The number of oxime groups is 1. The summed E-state index contributed by atoms with van der Waals surface area (Å²) in [5.41, 5.74) is 6.48. The zero-order chi connectivity index (χ0) is 14.8. The molecule has 0 saturated carbocycles. The molecule has 0 aliphatic heterocycles. The van der Waals surface area contributed by atoms with E-state index in [4.69, 9.17) is 20.4 Å². The second-order valence-electron chi connectivity index (χ2n) is 3.92. The first-order chi connectivity index (χ1) is 9.69. The second-order valence-corrected chi connectivity index (χ2v) is 3.92. The van der Waals surface area contributed by atoms with Gasteiger partial charge in [-0.15, -0.1) is 0 Å². The number of benzene rings is 1. The van der Waals surface area contributed by atoms with Crippen LogP contribution in [-0.2, 0) is 9.47 Å². The zero-order valence-electron chi connectivity index (χ0n) is 11.3. The maximum Gasteiger partial charge on any atom is 0.251 e. The van der Waals surface area contributed by atoms with Crippen LogP contribution < -0.4 is 11.1 Å². The molecule has 7 heteroatoms. The zero-order valence-corrected chi connectivity index (χ0v) is 11.3. The van der Waals surface area contributed by atoms with Crippen LogP contribution in [0.2, 0.25) is 0 Å². The molecule has 20 heavy (non-hydrogen) atoms. The number of amides is 1. The lowest BCUT2D eigenvalue weighted by Gasteiger charge is -2.07. The van der Waals surface area contributed by atoms with Crippen LogP contribution in [0.1, 0.15) is 15.9 Å². The number of nitrogens with zero attached hydrogens (tertiary/aromatic N) is 1.